The number of nitrogens with one attached hydrogen (secondary N) is 2. The molecule has 0 bridgehead atoms. The van der Waals surface area contributed by atoms with Crippen molar-refractivity contribution in [2.45, 2.75) is 13.0 Å². The lowest BCUT2D eigenvalue weighted by atomic mass is 10.1. The van der Waals surface area contributed by atoms with Crippen LogP contribution in [0.3, 0.4) is 0 Å². The van der Waals surface area contributed by atoms with Gasteiger partial charge in [0.2, 0.25) is 0 Å². The smallest absolute Gasteiger partial charge is 0.319 e. The van der Waals surface area contributed by atoms with Crippen LogP contribution < -0.4 is 10.6 Å². The largest absolute Gasteiger partial charge is 0.336 e. The fraction of sp³-hybridized carbons (Fsp3) is 0.312. The summed E-state index contributed by atoms with van der Waals surface area (Å²) in [4.78, 5) is 14.2. The van der Waals surface area contributed by atoms with Crippen molar-refractivity contribution in [2.75, 3.05) is 26.0 Å². The molecule has 118 valence electrons. The molecule has 1 atom stereocenters. The molecule has 0 fully saturated rings. The van der Waals surface area contributed by atoms with E-state index in [0.717, 1.165) is 15.7 Å². The van der Waals surface area contributed by atoms with Crippen molar-refractivity contribution in [3.63, 3.8) is 0 Å². The van der Waals surface area contributed by atoms with E-state index in [1.807, 2.05) is 39.2 Å². The molecule has 0 spiro atoms. The summed E-state index contributed by atoms with van der Waals surface area (Å²) in [5.74, 6) is 0. The highest BCUT2D eigenvalue weighted by molar-refractivity contribution is 9.10. The Hall–Kier alpha value is -1.37. The van der Waals surface area contributed by atoms with Crippen molar-refractivity contribution in [1.82, 2.24) is 10.2 Å². The molecule has 4 nitrogen and oxygen atoms in total. The van der Waals surface area contributed by atoms with Crippen LogP contribution in [0.5, 0.6) is 0 Å². The number of likely N-dealkylation sites (N-methyl/N-ethyl adjacent to an activating group) is 1. The number of rotatable bonds is 5. The molecule has 0 aliphatic carbocycles. The van der Waals surface area contributed by atoms with Crippen molar-refractivity contribution < 1.29 is 4.79 Å². The highest BCUT2D eigenvalue weighted by Crippen LogP contribution is 2.21. The Labute approximate surface area is 143 Å². The van der Waals surface area contributed by atoms with E-state index in [1.165, 1.54) is 5.56 Å². The van der Waals surface area contributed by atoms with Gasteiger partial charge in [0.05, 0.1) is 6.04 Å². The zero-order valence-corrected chi connectivity index (χ0v) is 15.3. The molecule has 2 aromatic rings. The van der Waals surface area contributed by atoms with Gasteiger partial charge in [-0.25, -0.2) is 4.79 Å². The second-order valence-electron chi connectivity index (χ2n) is 5.33. The molecular formula is C16H20BrN3OS. The molecule has 1 unspecified atom stereocenters. The van der Waals surface area contributed by atoms with E-state index in [4.69, 9.17) is 0 Å². The van der Waals surface area contributed by atoms with Gasteiger partial charge >= 0.3 is 6.03 Å². The van der Waals surface area contributed by atoms with E-state index in [2.05, 4.69) is 48.3 Å². The van der Waals surface area contributed by atoms with Gasteiger partial charge in [-0.05, 0) is 61.1 Å². The predicted octanol–water partition coefficient (Wildman–Crippen LogP) is 4.24. The molecule has 2 rings (SSSR count). The molecule has 1 aromatic carbocycles. The number of aryl methyl sites for hydroxylation is 1. The Morgan fingerprint density at radius 1 is 1.36 bits per heavy atom. The molecule has 1 aromatic heterocycles. The number of hydrogen-bond donors (Lipinski definition) is 2. The Morgan fingerprint density at radius 2 is 2.14 bits per heavy atom. The monoisotopic (exact) mass is 381 g/mol. The van der Waals surface area contributed by atoms with Crippen molar-refractivity contribution >= 4 is 39.0 Å². The maximum Gasteiger partial charge on any atom is 0.319 e. The molecule has 22 heavy (non-hydrogen) atoms. The summed E-state index contributed by atoms with van der Waals surface area (Å²) in [6, 6.07) is 7.89. The molecule has 0 aliphatic heterocycles. The number of carbonyl (C=O) groups excluding carboxylic acids is 1. The molecule has 6 heteroatoms. The molecule has 0 aliphatic rings. The van der Waals surface area contributed by atoms with Gasteiger partial charge < -0.3 is 15.5 Å². The highest BCUT2D eigenvalue weighted by Gasteiger charge is 2.15. The first-order valence-electron chi connectivity index (χ1n) is 6.97. The standard InChI is InChI=1S/C16H20BrN3OS/c1-11-4-5-13(17)8-14(11)19-16(21)18-9-15(20(2)3)12-6-7-22-10-12/h4-8,10,15H,9H2,1-3H3,(H2,18,19,21). The van der Waals surface area contributed by atoms with Crippen LogP contribution in [0.15, 0.2) is 39.5 Å². The molecule has 2 amide bonds. The molecule has 0 radical (unpaired) electrons. The number of carbonyl (C=O) groups is 1. The zero-order chi connectivity index (χ0) is 16.1. The third kappa shape index (κ3) is 4.56. The maximum atomic E-state index is 12.1. The Bertz CT molecular complexity index is 628. The zero-order valence-electron chi connectivity index (χ0n) is 12.9. The minimum Gasteiger partial charge on any atom is -0.336 e. The second-order valence-corrected chi connectivity index (χ2v) is 7.03. The van der Waals surface area contributed by atoms with Gasteiger partial charge in [-0.15, -0.1) is 0 Å². The number of thiophene rings is 1. The van der Waals surface area contributed by atoms with E-state index < -0.39 is 0 Å². The van der Waals surface area contributed by atoms with Gasteiger partial charge in [0.25, 0.3) is 0 Å². The van der Waals surface area contributed by atoms with Gasteiger partial charge in [0, 0.05) is 16.7 Å². The average Bonchev–Trinajstić information content (AvgIpc) is 2.96. The van der Waals surface area contributed by atoms with Crippen molar-refractivity contribution in [3.8, 4) is 0 Å². The van der Waals surface area contributed by atoms with E-state index in [9.17, 15) is 4.79 Å². The first-order valence-corrected chi connectivity index (χ1v) is 8.70. The summed E-state index contributed by atoms with van der Waals surface area (Å²) in [6.45, 7) is 2.53. The Morgan fingerprint density at radius 3 is 2.77 bits per heavy atom. The van der Waals surface area contributed by atoms with Gasteiger partial charge in [-0.1, -0.05) is 22.0 Å². The number of halogens is 1. The molecule has 2 N–H and O–H groups in total. The van der Waals surface area contributed by atoms with Gasteiger partial charge in [-0.2, -0.15) is 11.3 Å². The van der Waals surface area contributed by atoms with Crippen molar-refractivity contribution in [2.24, 2.45) is 0 Å². The lowest BCUT2D eigenvalue weighted by Gasteiger charge is -2.24. The fourth-order valence-electron chi connectivity index (χ4n) is 2.15. The lowest BCUT2D eigenvalue weighted by molar-refractivity contribution is 0.243. The van der Waals surface area contributed by atoms with Crippen LogP contribution in [-0.2, 0) is 0 Å². The van der Waals surface area contributed by atoms with Crippen molar-refractivity contribution in [3.05, 3.63) is 50.6 Å². The number of anilines is 1. The highest BCUT2D eigenvalue weighted by atomic mass is 79.9. The third-order valence-electron chi connectivity index (χ3n) is 3.46. The Balaban J connectivity index is 1.95. The van der Waals surface area contributed by atoms with Gasteiger partial charge in [0.15, 0.2) is 0 Å². The minimum atomic E-state index is -0.191. The van der Waals surface area contributed by atoms with Crippen LogP contribution in [0.2, 0.25) is 0 Å². The summed E-state index contributed by atoms with van der Waals surface area (Å²) in [7, 11) is 4.03. The third-order valence-corrected chi connectivity index (χ3v) is 4.65. The summed E-state index contributed by atoms with van der Waals surface area (Å²) < 4.78 is 0.942. The van der Waals surface area contributed by atoms with Gasteiger partial charge in [-0.3, -0.25) is 0 Å². The van der Waals surface area contributed by atoms with Gasteiger partial charge in [0.1, 0.15) is 0 Å². The average molecular weight is 382 g/mol. The topological polar surface area (TPSA) is 44.4 Å². The van der Waals surface area contributed by atoms with E-state index >= 15 is 0 Å². The SMILES string of the molecule is Cc1ccc(Br)cc1NC(=O)NCC(c1ccsc1)N(C)C. The van der Waals surface area contributed by atoms with Crippen LogP contribution >= 0.6 is 27.3 Å². The summed E-state index contributed by atoms with van der Waals surface area (Å²) >= 11 is 5.08. The normalized spacial score (nSPS) is 12.2. The summed E-state index contributed by atoms with van der Waals surface area (Å²) in [5, 5.41) is 10.0. The number of amides is 2. The molecule has 0 saturated heterocycles. The van der Waals surface area contributed by atoms with E-state index in [0.29, 0.717) is 6.54 Å². The van der Waals surface area contributed by atoms with E-state index in [-0.39, 0.29) is 12.1 Å². The number of hydrogen-bond acceptors (Lipinski definition) is 3. The summed E-state index contributed by atoms with van der Waals surface area (Å²) in [5.41, 5.74) is 3.05. The van der Waals surface area contributed by atoms with E-state index in [1.54, 1.807) is 11.3 Å². The minimum absolute atomic E-state index is 0.167. The fourth-order valence-corrected chi connectivity index (χ4v) is 3.22. The summed E-state index contributed by atoms with van der Waals surface area (Å²) in [6.07, 6.45) is 0. The molecule has 1 heterocycles. The predicted molar refractivity (Wildman–Crippen MR) is 96.6 cm³/mol. The number of benzene rings is 1. The van der Waals surface area contributed by atoms with Crippen molar-refractivity contribution in [1.29, 1.82) is 0 Å². The lowest BCUT2D eigenvalue weighted by Crippen LogP contribution is -2.36. The van der Waals surface area contributed by atoms with Crippen LogP contribution in [-0.4, -0.2) is 31.6 Å². The quantitative estimate of drug-likeness (QED) is 0.812. The maximum absolute atomic E-state index is 12.1. The van der Waals surface area contributed by atoms with Crippen LogP contribution in [0, 0.1) is 6.92 Å². The van der Waals surface area contributed by atoms with Crippen LogP contribution in [0.25, 0.3) is 0 Å². The van der Waals surface area contributed by atoms with Crippen LogP contribution in [0.4, 0.5) is 10.5 Å². The number of nitrogens with zero attached hydrogens (tertiary/aromatic N) is 1. The molecular weight excluding hydrogens is 362 g/mol. The van der Waals surface area contributed by atoms with Crippen LogP contribution in [0.1, 0.15) is 17.2 Å². The first-order chi connectivity index (χ1) is 10.5. The Kier molecular flexibility index (Phi) is 5.99. The number of urea groups is 1. The second kappa shape index (κ2) is 7.76. The molecule has 0 saturated carbocycles. The first kappa shape index (κ1) is 17.0.